The molecule has 2 heterocycles. The third kappa shape index (κ3) is 4.04. The van der Waals surface area contributed by atoms with Gasteiger partial charge in [-0.2, -0.15) is 0 Å². The van der Waals surface area contributed by atoms with Crippen molar-refractivity contribution in [3.8, 4) is 0 Å². The second-order valence-corrected chi connectivity index (χ2v) is 9.81. The summed E-state index contributed by atoms with van der Waals surface area (Å²) >= 11 is 0. The van der Waals surface area contributed by atoms with E-state index in [1.54, 1.807) is 26.8 Å². The van der Waals surface area contributed by atoms with E-state index in [2.05, 4.69) is 4.98 Å². The lowest BCUT2D eigenvalue weighted by Crippen LogP contribution is -2.29. The second kappa shape index (κ2) is 7.52. The zero-order chi connectivity index (χ0) is 22.3. The number of rotatable bonds is 5. The van der Waals surface area contributed by atoms with Crippen LogP contribution in [0.3, 0.4) is 0 Å². The van der Waals surface area contributed by atoms with Gasteiger partial charge in [0.2, 0.25) is 0 Å². The first-order valence-electron chi connectivity index (χ1n) is 9.13. The number of hydrogen-bond acceptors (Lipinski definition) is 6. The molecule has 0 bridgehead atoms. The number of carboxylic acid groups (broad SMARTS) is 1. The van der Waals surface area contributed by atoms with Gasteiger partial charge in [0.15, 0.2) is 0 Å². The standard InChI is InChI=1S/C20H21N3O6S/c1-20(2,3)17(19(24)25)10-13-9-14-7-8-22(18(14)21-12-13)30(28,29)16-6-4-5-15(11-16)23(26)27/h4-6,9-12H,7-8H2,1-3H3,(H,24,25). The first-order chi connectivity index (χ1) is 13.9. The van der Waals surface area contributed by atoms with Crippen molar-refractivity contribution in [2.45, 2.75) is 32.1 Å². The molecule has 0 atom stereocenters. The van der Waals surface area contributed by atoms with Crippen LogP contribution in [0.4, 0.5) is 11.5 Å². The Labute approximate surface area is 173 Å². The van der Waals surface area contributed by atoms with E-state index in [1.165, 1.54) is 30.5 Å². The minimum atomic E-state index is -4.02. The molecule has 1 aromatic carbocycles. The van der Waals surface area contributed by atoms with Crippen LogP contribution in [0.5, 0.6) is 0 Å². The van der Waals surface area contributed by atoms with E-state index < -0.39 is 26.3 Å². The Bertz CT molecular complexity index is 1170. The van der Waals surface area contributed by atoms with Gasteiger partial charge in [0, 0.05) is 30.4 Å². The van der Waals surface area contributed by atoms with Gasteiger partial charge < -0.3 is 5.11 Å². The smallest absolute Gasteiger partial charge is 0.332 e. The van der Waals surface area contributed by atoms with Crippen molar-refractivity contribution < 1.29 is 23.2 Å². The van der Waals surface area contributed by atoms with Crippen LogP contribution in [0.15, 0.2) is 47.0 Å². The van der Waals surface area contributed by atoms with Crippen molar-refractivity contribution in [2.75, 3.05) is 10.8 Å². The molecule has 0 radical (unpaired) electrons. The molecule has 1 aromatic heterocycles. The molecule has 0 spiro atoms. The Hall–Kier alpha value is -3.27. The number of hydrogen-bond donors (Lipinski definition) is 1. The van der Waals surface area contributed by atoms with Crippen molar-refractivity contribution in [3.05, 3.63) is 63.3 Å². The summed E-state index contributed by atoms with van der Waals surface area (Å²) < 4.78 is 27.2. The number of anilines is 1. The quantitative estimate of drug-likeness (QED) is 0.437. The molecule has 9 nitrogen and oxygen atoms in total. The normalized spacial score (nSPS) is 14.5. The zero-order valence-electron chi connectivity index (χ0n) is 16.7. The van der Waals surface area contributed by atoms with E-state index in [-0.39, 0.29) is 28.5 Å². The largest absolute Gasteiger partial charge is 0.478 e. The molecule has 0 unspecified atom stereocenters. The maximum absolute atomic E-state index is 13.0. The molecule has 2 aromatic rings. The van der Waals surface area contributed by atoms with E-state index in [9.17, 15) is 28.4 Å². The molecular weight excluding hydrogens is 410 g/mol. The van der Waals surface area contributed by atoms with Crippen molar-refractivity contribution in [1.82, 2.24) is 4.98 Å². The lowest BCUT2D eigenvalue weighted by Gasteiger charge is -2.20. The topological polar surface area (TPSA) is 131 Å². The van der Waals surface area contributed by atoms with Crippen LogP contribution in [-0.4, -0.2) is 35.9 Å². The highest BCUT2D eigenvalue weighted by atomic mass is 32.2. The summed E-state index contributed by atoms with van der Waals surface area (Å²) in [5.74, 6) is -0.788. The Morgan fingerprint density at radius 2 is 2.00 bits per heavy atom. The minimum absolute atomic E-state index is 0.144. The summed E-state index contributed by atoms with van der Waals surface area (Å²) in [5.41, 5.74) is 0.546. The number of non-ortho nitro benzene ring substituents is 1. The van der Waals surface area contributed by atoms with E-state index in [0.29, 0.717) is 17.5 Å². The van der Waals surface area contributed by atoms with Crippen molar-refractivity contribution in [1.29, 1.82) is 0 Å². The van der Waals surface area contributed by atoms with Crippen LogP contribution in [0.2, 0.25) is 0 Å². The second-order valence-electron chi connectivity index (χ2n) is 7.95. The van der Waals surface area contributed by atoms with Gasteiger partial charge in [0.1, 0.15) is 5.82 Å². The third-order valence-electron chi connectivity index (χ3n) is 4.75. The first kappa shape index (κ1) is 21.4. The highest BCUT2D eigenvalue weighted by Crippen LogP contribution is 2.34. The number of aromatic nitrogens is 1. The van der Waals surface area contributed by atoms with Gasteiger partial charge in [-0.3, -0.25) is 10.1 Å². The highest BCUT2D eigenvalue weighted by Gasteiger charge is 2.33. The van der Waals surface area contributed by atoms with Gasteiger partial charge in [0.25, 0.3) is 15.7 Å². The van der Waals surface area contributed by atoms with E-state index in [1.807, 2.05) is 0 Å². The molecule has 1 N–H and O–H groups in total. The number of nitro groups is 1. The number of sulfonamides is 1. The Balaban J connectivity index is 1.99. The van der Waals surface area contributed by atoms with Crippen LogP contribution in [0.1, 0.15) is 31.9 Å². The number of nitrogens with zero attached hydrogens (tertiary/aromatic N) is 3. The molecular formula is C20H21N3O6S. The molecule has 3 rings (SSSR count). The van der Waals surface area contributed by atoms with Gasteiger partial charge >= 0.3 is 5.97 Å². The molecule has 1 aliphatic rings. The van der Waals surface area contributed by atoms with Crippen LogP contribution < -0.4 is 4.31 Å². The van der Waals surface area contributed by atoms with Gasteiger partial charge in [-0.05, 0) is 41.2 Å². The average molecular weight is 431 g/mol. The number of aliphatic carboxylic acids is 1. The van der Waals surface area contributed by atoms with Gasteiger partial charge in [-0.25, -0.2) is 22.5 Å². The Kier molecular flexibility index (Phi) is 5.38. The molecule has 0 fully saturated rings. The summed E-state index contributed by atoms with van der Waals surface area (Å²) in [4.78, 5) is 26.0. The number of benzene rings is 1. The van der Waals surface area contributed by atoms with E-state index in [0.717, 1.165) is 10.4 Å². The van der Waals surface area contributed by atoms with Crippen molar-refractivity contribution >= 4 is 33.6 Å². The van der Waals surface area contributed by atoms with E-state index in [4.69, 9.17) is 0 Å². The fraction of sp³-hybridized carbons (Fsp3) is 0.300. The Morgan fingerprint density at radius 3 is 2.60 bits per heavy atom. The molecule has 30 heavy (non-hydrogen) atoms. The summed E-state index contributed by atoms with van der Waals surface area (Å²) in [6.07, 6.45) is 3.36. The van der Waals surface area contributed by atoms with Crippen molar-refractivity contribution in [2.24, 2.45) is 5.41 Å². The highest BCUT2D eigenvalue weighted by molar-refractivity contribution is 7.92. The summed E-state index contributed by atoms with van der Waals surface area (Å²) in [6, 6.07) is 6.60. The predicted molar refractivity (Wildman–Crippen MR) is 111 cm³/mol. The lowest BCUT2D eigenvalue weighted by molar-refractivity contribution is -0.385. The number of nitro benzene ring substituents is 1. The average Bonchev–Trinajstić information content (AvgIpc) is 3.09. The molecule has 10 heteroatoms. The number of fused-ring (bicyclic) bond motifs is 1. The van der Waals surface area contributed by atoms with Gasteiger partial charge in [-0.15, -0.1) is 0 Å². The Morgan fingerprint density at radius 1 is 1.30 bits per heavy atom. The molecule has 1 aliphatic heterocycles. The monoisotopic (exact) mass is 431 g/mol. The van der Waals surface area contributed by atoms with Gasteiger partial charge in [-0.1, -0.05) is 26.8 Å². The van der Waals surface area contributed by atoms with Crippen LogP contribution >= 0.6 is 0 Å². The molecule has 0 saturated heterocycles. The summed E-state index contributed by atoms with van der Waals surface area (Å²) in [7, 11) is -4.02. The SMILES string of the molecule is CC(C)(C)C(=Cc1cnc2c(c1)CCN2S(=O)(=O)c1cccc([N+](=O)[O-])c1)C(=O)O. The predicted octanol–water partition coefficient (Wildman–Crippen LogP) is 3.26. The van der Waals surface area contributed by atoms with E-state index >= 15 is 0 Å². The minimum Gasteiger partial charge on any atom is -0.478 e. The number of pyridine rings is 1. The summed E-state index contributed by atoms with van der Waals surface area (Å²) in [6.45, 7) is 5.52. The fourth-order valence-electron chi connectivity index (χ4n) is 3.22. The molecule has 0 saturated carbocycles. The number of carboxylic acids is 1. The molecule has 158 valence electrons. The molecule has 0 amide bonds. The number of carbonyl (C=O) groups is 1. The lowest BCUT2D eigenvalue weighted by atomic mass is 9.85. The van der Waals surface area contributed by atoms with Crippen LogP contribution in [-0.2, 0) is 21.2 Å². The maximum Gasteiger partial charge on any atom is 0.332 e. The first-order valence-corrected chi connectivity index (χ1v) is 10.6. The zero-order valence-corrected chi connectivity index (χ0v) is 17.5. The fourth-order valence-corrected chi connectivity index (χ4v) is 4.72. The summed E-state index contributed by atoms with van der Waals surface area (Å²) in [5, 5.41) is 20.5. The van der Waals surface area contributed by atoms with Gasteiger partial charge in [0.05, 0.1) is 9.82 Å². The van der Waals surface area contributed by atoms with Crippen LogP contribution in [0, 0.1) is 15.5 Å². The third-order valence-corrected chi connectivity index (χ3v) is 6.54. The maximum atomic E-state index is 13.0. The van der Waals surface area contributed by atoms with Crippen LogP contribution in [0.25, 0.3) is 6.08 Å². The van der Waals surface area contributed by atoms with Crippen molar-refractivity contribution in [3.63, 3.8) is 0 Å². The molecule has 0 aliphatic carbocycles.